The number of benzene rings is 1. The quantitative estimate of drug-likeness (QED) is 0.761. The summed E-state index contributed by atoms with van der Waals surface area (Å²) in [6.45, 7) is 3.09. The molecule has 0 spiro atoms. The molecule has 1 aliphatic heterocycles. The van der Waals surface area contributed by atoms with Crippen LogP contribution >= 0.6 is 11.6 Å². The predicted molar refractivity (Wildman–Crippen MR) is 95.4 cm³/mol. The first kappa shape index (κ1) is 17.5. The number of halogens is 1. The number of hydrogen-bond acceptors (Lipinski definition) is 6. The van der Waals surface area contributed by atoms with E-state index in [1.54, 1.807) is 18.2 Å². The zero-order valence-corrected chi connectivity index (χ0v) is 15.0. The molecule has 0 amide bonds. The van der Waals surface area contributed by atoms with Crippen LogP contribution in [-0.4, -0.2) is 42.5 Å². The Kier molecular flexibility index (Phi) is 5.38. The van der Waals surface area contributed by atoms with Gasteiger partial charge in [0.25, 0.3) is 0 Å². The Hall–Kier alpha value is -2.34. The fourth-order valence-electron chi connectivity index (χ4n) is 2.90. The normalized spacial score (nSPS) is 16.8. The molecule has 1 saturated heterocycles. The average molecular weight is 362 g/mol. The molecule has 0 N–H and O–H groups in total. The lowest BCUT2D eigenvalue weighted by atomic mass is 10.2. The van der Waals surface area contributed by atoms with Crippen molar-refractivity contribution in [1.82, 2.24) is 10.2 Å². The molecule has 1 aromatic carbocycles. The molecule has 1 aliphatic rings. The summed E-state index contributed by atoms with van der Waals surface area (Å²) in [5, 5.41) is 8.79. The fraction of sp³-hybridized carbons (Fsp3) is 0.389. The fourth-order valence-corrected chi connectivity index (χ4v) is 3.09. The smallest absolute Gasteiger partial charge is 0.338 e. The molecule has 132 valence electrons. The van der Waals surface area contributed by atoms with Crippen molar-refractivity contribution in [3.05, 3.63) is 46.6 Å². The van der Waals surface area contributed by atoms with Gasteiger partial charge < -0.3 is 14.4 Å². The van der Waals surface area contributed by atoms with Crippen LogP contribution in [0.25, 0.3) is 0 Å². The van der Waals surface area contributed by atoms with E-state index in [1.807, 2.05) is 19.1 Å². The molecule has 0 aliphatic carbocycles. The molecule has 1 aromatic heterocycles. The summed E-state index contributed by atoms with van der Waals surface area (Å²) in [6, 6.07) is 8.83. The van der Waals surface area contributed by atoms with E-state index in [0.29, 0.717) is 22.9 Å². The Morgan fingerprint density at radius 3 is 2.88 bits per heavy atom. The summed E-state index contributed by atoms with van der Waals surface area (Å²) >= 11 is 5.98. The van der Waals surface area contributed by atoms with Crippen molar-refractivity contribution < 1.29 is 14.3 Å². The van der Waals surface area contributed by atoms with E-state index in [-0.39, 0.29) is 6.04 Å². The van der Waals surface area contributed by atoms with Crippen LogP contribution in [0.3, 0.4) is 0 Å². The molecule has 0 radical (unpaired) electrons. The number of ether oxygens (including phenoxy) is 2. The van der Waals surface area contributed by atoms with Crippen molar-refractivity contribution in [2.24, 2.45) is 0 Å². The highest BCUT2D eigenvalue weighted by atomic mass is 35.5. The second kappa shape index (κ2) is 7.70. The summed E-state index contributed by atoms with van der Waals surface area (Å²) in [7, 11) is 1.51. The van der Waals surface area contributed by atoms with E-state index in [2.05, 4.69) is 15.1 Å². The SMILES string of the molecule is COc1cc(C(=O)OCC2CCCN2c2ccc(C)nn2)ccc1Cl. The highest BCUT2D eigenvalue weighted by molar-refractivity contribution is 6.32. The van der Waals surface area contributed by atoms with Crippen molar-refractivity contribution in [2.45, 2.75) is 25.8 Å². The van der Waals surface area contributed by atoms with Crippen molar-refractivity contribution in [2.75, 3.05) is 25.2 Å². The monoisotopic (exact) mass is 361 g/mol. The van der Waals surface area contributed by atoms with Gasteiger partial charge in [0.15, 0.2) is 5.82 Å². The average Bonchev–Trinajstić information content (AvgIpc) is 3.09. The summed E-state index contributed by atoms with van der Waals surface area (Å²) in [6.07, 6.45) is 1.99. The number of hydrogen-bond donors (Lipinski definition) is 0. The van der Waals surface area contributed by atoms with Gasteiger partial charge in [-0.05, 0) is 50.1 Å². The molecule has 1 fully saturated rings. The number of methoxy groups -OCH3 is 1. The molecule has 25 heavy (non-hydrogen) atoms. The first-order valence-corrected chi connectivity index (χ1v) is 8.54. The predicted octanol–water partition coefficient (Wildman–Crippen LogP) is 3.27. The van der Waals surface area contributed by atoms with Gasteiger partial charge in [-0.1, -0.05) is 11.6 Å². The van der Waals surface area contributed by atoms with Crippen molar-refractivity contribution >= 4 is 23.4 Å². The molecule has 1 atom stereocenters. The maximum atomic E-state index is 12.3. The summed E-state index contributed by atoms with van der Waals surface area (Å²) < 4.78 is 10.6. The second-order valence-electron chi connectivity index (χ2n) is 5.97. The van der Waals surface area contributed by atoms with Crippen LogP contribution < -0.4 is 9.64 Å². The third-order valence-electron chi connectivity index (χ3n) is 4.25. The van der Waals surface area contributed by atoms with Gasteiger partial charge in [-0.15, -0.1) is 5.10 Å². The summed E-state index contributed by atoms with van der Waals surface area (Å²) in [5.74, 6) is 0.877. The lowest BCUT2D eigenvalue weighted by molar-refractivity contribution is 0.0482. The molecule has 1 unspecified atom stereocenters. The van der Waals surface area contributed by atoms with Gasteiger partial charge in [0.2, 0.25) is 0 Å². The van der Waals surface area contributed by atoms with E-state index >= 15 is 0 Å². The van der Waals surface area contributed by atoms with Gasteiger partial charge in [0, 0.05) is 6.54 Å². The largest absolute Gasteiger partial charge is 0.495 e. The maximum absolute atomic E-state index is 12.3. The Bertz CT molecular complexity index is 752. The van der Waals surface area contributed by atoms with Gasteiger partial charge in [0.1, 0.15) is 12.4 Å². The Morgan fingerprint density at radius 2 is 2.16 bits per heavy atom. The van der Waals surface area contributed by atoms with E-state index in [1.165, 1.54) is 7.11 Å². The Labute approximate surface area is 151 Å². The lowest BCUT2D eigenvalue weighted by Crippen LogP contribution is -2.34. The number of rotatable bonds is 5. The van der Waals surface area contributed by atoms with Gasteiger partial charge in [-0.2, -0.15) is 5.10 Å². The number of nitrogens with zero attached hydrogens (tertiary/aromatic N) is 3. The topological polar surface area (TPSA) is 64.6 Å². The maximum Gasteiger partial charge on any atom is 0.338 e. The summed E-state index contributed by atoms with van der Waals surface area (Å²) in [4.78, 5) is 14.4. The molecular weight excluding hydrogens is 342 g/mol. The van der Waals surface area contributed by atoms with Crippen LogP contribution in [0, 0.1) is 6.92 Å². The zero-order chi connectivity index (χ0) is 17.8. The number of aromatic nitrogens is 2. The Balaban J connectivity index is 1.64. The van der Waals surface area contributed by atoms with E-state index in [4.69, 9.17) is 21.1 Å². The molecular formula is C18H20ClN3O3. The van der Waals surface area contributed by atoms with E-state index < -0.39 is 5.97 Å². The minimum atomic E-state index is -0.392. The van der Waals surface area contributed by atoms with Crippen molar-refractivity contribution in [3.63, 3.8) is 0 Å². The molecule has 0 bridgehead atoms. The summed E-state index contributed by atoms with van der Waals surface area (Å²) in [5.41, 5.74) is 1.29. The third-order valence-corrected chi connectivity index (χ3v) is 4.56. The Morgan fingerprint density at radius 1 is 1.32 bits per heavy atom. The number of esters is 1. The standard InChI is InChI=1S/C18H20ClN3O3/c1-12-5-8-17(21-20-12)22-9-3-4-14(22)11-25-18(23)13-6-7-15(19)16(10-13)24-2/h5-8,10,14H,3-4,9,11H2,1-2H3. The van der Waals surface area contributed by atoms with Crippen LogP contribution in [-0.2, 0) is 4.74 Å². The van der Waals surface area contributed by atoms with Crippen molar-refractivity contribution in [3.8, 4) is 5.75 Å². The zero-order valence-electron chi connectivity index (χ0n) is 14.2. The first-order chi connectivity index (χ1) is 12.1. The van der Waals surface area contributed by atoms with Crippen molar-refractivity contribution in [1.29, 1.82) is 0 Å². The van der Waals surface area contributed by atoms with Gasteiger partial charge in [-0.3, -0.25) is 0 Å². The van der Waals surface area contributed by atoms with E-state index in [0.717, 1.165) is 30.9 Å². The van der Waals surface area contributed by atoms with Gasteiger partial charge >= 0.3 is 5.97 Å². The van der Waals surface area contributed by atoms with Gasteiger partial charge in [0.05, 0.1) is 29.4 Å². The molecule has 0 saturated carbocycles. The van der Waals surface area contributed by atoms with Crippen LogP contribution in [0.5, 0.6) is 5.75 Å². The van der Waals surface area contributed by atoms with Crippen LogP contribution in [0.1, 0.15) is 28.9 Å². The van der Waals surface area contributed by atoms with Crippen LogP contribution in [0.15, 0.2) is 30.3 Å². The highest BCUT2D eigenvalue weighted by Crippen LogP contribution is 2.26. The van der Waals surface area contributed by atoms with E-state index in [9.17, 15) is 4.79 Å². The molecule has 2 heterocycles. The molecule has 2 aromatic rings. The molecule has 6 nitrogen and oxygen atoms in total. The second-order valence-corrected chi connectivity index (χ2v) is 6.38. The first-order valence-electron chi connectivity index (χ1n) is 8.16. The van der Waals surface area contributed by atoms with Crippen LogP contribution in [0.2, 0.25) is 5.02 Å². The molecule has 7 heteroatoms. The highest BCUT2D eigenvalue weighted by Gasteiger charge is 2.27. The van der Waals surface area contributed by atoms with Gasteiger partial charge in [-0.25, -0.2) is 4.79 Å². The number of carbonyl (C=O) groups is 1. The minimum Gasteiger partial charge on any atom is -0.495 e. The lowest BCUT2D eigenvalue weighted by Gasteiger charge is -2.24. The molecule has 3 rings (SSSR count). The minimum absolute atomic E-state index is 0.107. The number of carbonyl (C=O) groups excluding carboxylic acids is 1. The van der Waals surface area contributed by atoms with Crippen LogP contribution in [0.4, 0.5) is 5.82 Å². The third kappa shape index (κ3) is 4.02. The number of anilines is 1. The number of aryl methyl sites for hydroxylation is 1.